The zero-order chi connectivity index (χ0) is 8.27. The van der Waals surface area contributed by atoms with E-state index >= 15 is 0 Å². The van der Waals surface area contributed by atoms with E-state index in [1.54, 1.807) is 25.2 Å². The Morgan fingerprint density at radius 1 is 1.55 bits per heavy atom. The molecule has 0 spiro atoms. The summed E-state index contributed by atoms with van der Waals surface area (Å²) in [5.74, 6) is -0.0496. The third kappa shape index (κ3) is 1.63. The Hall–Kier alpha value is -0.760. The summed E-state index contributed by atoms with van der Waals surface area (Å²) in [6.45, 7) is 0. The fraction of sp³-hybridized carbons (Fsp3) is 0.250. The van der Waals surface area contributed by atoms with Crippen LogP contribution in [0.3, 0.4) is 0 Å². The largest absolute Gasteiger partial charge is 0.386 e. The second kappa shape index (κ2) is 3.58. The maximum Gasteiger partial charge on any atom is 0.150 e. The molecule has 1 rings (SSSR count). The lowest BCUT2D eigenvalue weighted by Gasteiger charge is -2.04. The predicted octanol–water partition coefficient (Wildman–Crippen LogP) is 2.61. The van der Waals surface area contributed by atoms with E-state index in [1.165, 1.54) is 0 Å². The summed E-state index contributed by atoms with van der Waals surface area (Å²) in [5, 5.41) is 2.74. The first-order valence-corrected chi connectivity index (χ1v) is 3.84. The molecule has 0 aliphatic heterocycles. The normalized spacial score (nSPS) is 9.73. The number of nitrogens with one attached hydrogen (secondary N) is 1. The molecule has 1 aromatic carbocycles. The van der Waals surface area contributed by atoms with E-state index in [4.69, 9.17) is 11.6 Å². The highest BCUT2D eigenvalue weighted by molar-refractivity contribution is 6.17. The van der Waals surface area contributed by atoms with Gasteiger partial charge >= 0.3 is 0 Å². The van der Waals surface area contributed by atoms with Gasteiger partial charge in [-0.05, 0) is 6.07 Å². The minimum atomic E-state index is -0.259. The van der Waals surface area contributed by atoms with Gasteiger partial charge in [0.2, 0.25) is 0 Å². The molecule has 0 aliphatic carbocycles. The Balaban J connectivity index is 3.10. The number of rotatable bonds is 2. The SMILES string of the molecule is CNc1cccc(CCl)c1F. The topological polar surface area (TPSA) is 12.0 Å². The molecule has 1 aromatic rings. The summed E-state index contributed by atoms with van der Waals surface area (Å²) in [5.41, 5.74) is 1.02. The lowest BCUT2D eigenvalue weighted by molar-refractivity contribution is 0.620. The first-order chi connectivity index (χ1) is 5.29. The van der Waals surface area contributed by atoms with Crippen molar-refractivity contribution in [2.75, 3.05) is 12.4 Å². The highest BCUT2D eigenvalue weighted by Crippen LogP contribution is 2.18. The molecule has 60 valence electrons. The number of hydrogen-bond acceptors (Lipinski definition) is 1. The summed E-state index contributed by atoms with van der Waals surface area (Å²) < 4.78 is 13.1. The van der Waals surface area contributed by atoms with Gasteiger partial charge in [-0.3, -0.25) is 0 Å². The summed E-state index contributed by atoms with van der Waals surface area (Å²) in [6.07, 6.45) is 0. The monoisotopic (exact) mass is 173 g/mol. The fourth-order valence-electron chi connectivity index (χ4n) is 0.876. The van der Waals surface area contributed by atoms with Gasteiger partial charge in [-0.25, -0.2) is 4.39 Å². The van der Waals surface area contributed by atoms with Crippen molar-refractivity contribution in [3.8, 4) is 0 Å². The van der Waals surface area contributed by atoms with Gasteiger partial charge in [0, 0.05) is 12.6 Å². The van der Waals surface area contributed by atoms with E-state index < -0.39 is 0 Å². The molecule has 0 amide bonds. The average Bonchev–Trinajstić information content (AvgIpc) is 2.05. The summed E-state index contributed by atoms with van der Waals surface area (Å²) in [6, 6.07) is 5.11. The van der Waals surface area contributed by atoms with Crippen LogP contribution in [0.5, 0.6) is 0 Å². The van der Waals surface area contributed by atoms with Crippen LogP contribution >= 0.6 is 11.6 Å². The van der Waals surface area contributed by atoms with E-state index in [9.17, 15) is 4.39 Å². The van der Waals surface area contributed by atoms with E-state index in [0.29, 0.717) is 11.3 Å². The molecule has 0 fully saturated rings. The second-order valence-electron chi connectivity index (χ2n) is 2.16. The number of halogens is 2. The first kappa shape index (κ1) is 8.34. The fourth-order valence-corrected chi connectivity index (χ4v) is 1.08. The Kier molecular flexibility index (Phi) is 2.71. The summed E-state index contributed by atoms with van der Waals surface area (Å²) in [7, 11) is 1.68. The third-order valence-electron chi connectivity index (χ3n) is 1.49. The van der Waals surface area contributed by atoms with E-state index in [0.717, 1.165) is 0 Å². The van der Waals surface area contributed by atoms with Crippen LogP contribution in [0, 0.1) is 5.82 Å². The molecular weight excluding hydrogens is 165 g/mol. The van der Waals surface area contributed by atoms with Crippen molar-refractivity contribution >= 4 is 17.3 Å². The van der Waals surface area contributed by atoms with Crippen LogP contribution < -0.4 is 5.32 Å². The van der Waals surface area contributed by atoms with Gasteiger partial charge in [-0.1, -0.05) is 12.1 Å². The molecule has 1 nitrogen and oxygen atoms in total. The van der Waals surface area contributed by atoms with Crippen LogP contribution in [0.25, 0.3) is 0 Å². The Bertz CT molecular complexity index is 228. The van der Waals surface area contributed by atoms with Gasteiger partial charge < -0.3 is 5.32 Å². The molecule has 11 heavy (non-hydrogen) atoms. The van der Waals surface area contributed by atoms with Gasteiger partial charge in [0.05, 0.1) is 11.6 Å². The summed E-state index contributed by atoms with van der Waals surface area (Å²) >= 11 is 5.49. The molecule has 0 saturated carbocycles. The predicted molar refractivity (Wildman–Crippen MR) is 45.5 cm³/mol. The minimum Gasteiger partial charge on any atom is -0.386 e. The lowest BCUT2D eigenvalue weighted by atomic mass is 10.2. The summed E-state index contributed by atoms with van der Waals surface area (Å²) in [4.78, 5) is 0. The molecule has 3 heteroatoms. The van der Waals surface area contributed by atoms with Crippen LogP contribution in [0.2, 0.25) is 0 Å². The van der Waals surface area contributed by atoms with Crippen LogP contribution in [-0.4, -0.2) is 7.05 Å². The molecule has 0 aliphatic rings. The third-order valence-corrected chi connectivity index (χ3v) is 1.78. The molecule has 0 heterocycles. The lowest BCUT2D eigenvalue weighted by Crippen LogP contribution is -1.95. The highest BCUT2D eigenvalue weighted by Gasteiger charge is 2.03. The van der Waals surface area contributed by atoms with E-state index in [1.807, 2.05) is 0 Å². The quantitative estimate of drug-likeness (QED) is 0.678. The molecule has 1 N–H and O–H groups in total. The zero-order valence-corrected chi connectivity index (χ0v) is 6.95. The zero-order valence-electron chi connectivity index (χ0n) is 6.20. The second-order valence-corrected chi connectivity index (χ2v) is 2.43. The van der Waals surface area contributed by atoms with Gasteiger partial charge in [0.25, 0.3) is 0 Å². The molecule has 0 unspecified atom stereocenters. The van der Waals surface area contributed by atoms with Crippen molar-refractivity contribution in [3.05, 3.63) is 29.6 Å². The maximum absolute atomic E-state index is 13.1. The Morgan fingerprint density at radius 3 is 2.82 bits per heavy atom. The molecular formula is C8H9ClFN. The van der Waals surface area contributed by atoms with Crippen molar-refractivity contribution < 1.29 is 4.39 Å². The Morgan fingerprint density at radius 2 is 2.27 bits per heavy atom. The van der Waals surface area contributed by atoms with Crippen LogP contribution in [0.4, 0.5) is 10.1 Å². The van der Waals surface area contributed by atoms with Gasteiger partial charge in [0.15, 0.2) is 5.82 Å². The number of benzene rings is 1. The van der Waals surface area contributed by atoms with Crippen LogP contribution in [0.15, 0.2) is 18.2 Å². The average molecular weight is 174 g/mol. The number of alkyl halides is 1. The first-order valence-electron chi connectivity index (χ1n) is 3.30. The number of anilines is 1. The molecule has 0 atom stereocenters. The van der Waals surface area contributed by atoms with Crippen molar-refractivity contribution in [3.63, 3.8) is 0 Å². The van der Waals surface area contributed by atoms with E-state index in [-0.39, 0.29) is 11.7 Å². The van der Waals surface area contributed by atoms with Crippen molar-refractivity contribution in [2.24, 2.45) is 0 Å². The van der Waals surface area contributed by atoms with Crippen molar-refractivity contribution in [2.45, 2.75) is 5.88 Å². The highest BCUT2D eigenvalue weighted by atomic mass is 35.5. The minimum absolute atomic E-state index is 0.210. The van der Waals surface area contributed by atoms with Gasteiger partial charge in [0.1, 0.15) is 0 Å². The Labute approximate surface area is 70.2 Å². The van der Waals surface area contributed by atoms with Crippen LogP contribution in [0.1, 0.15) is 5.56 Å². The molecule has 0 bridgehead atoms. The van der Waals surface area contributed by atoms with Gasteiger partial charge in [-0.2, -0.15) is 0 Å². The smallest absolute Gasteiger partial charge is 0.150 e. The van der Waals surface area contributed by atoms with E-state index in [2.05, 4.69) is 5.32 Å². The van der Waals surface area contributed by atoms with Gasteiger partial charge in [-0.15, -0.1) is 11.6 Å². The van der Waals surface area contributed by atoms with Crippen molar-refractivity contribution in [1.29, 1.82) is 0 Å². The number of hydrogen-bond donors (Lipinski definition) is 1. The van der Waals surface area contributed by atoms with Crippen molar-refractivity contribution in [1.82, 2.24) is 0 Å². The molecule has 0 saturated heterocycles. The standard InChI is InChI=1S/C8H9ClFN/c1-11-7-4-2-3-6(5-9)8(7)10/h2-4,11H,5H2,1H3. The molecule has 0 aromatic heterocycles. The van der Waals surface area contributed by atoms with Crippen LogP contribution in [-0.2, 0) is 5.88 Å². The maximum atomic E-state index is 13.1. The molecule has 0 radical (unpaired) electrons.